The van der Waals surface area contributed by atoms with E-state index >= 15 is 0 Å². The fourth-order valence-corrected chi connectivity index (χ4v) is 5.56. The van der Waals surface area contributed by atoms with Gasteiger partial charge >= 0.3 is 5.97 Å². The third-order valence-corrected chi connectivity index (χ3v) is 7.42. The largest absolute Gasteiger partial charge is 0.461 e. The van der Waals surface area contributed by atoms with E-state index in [1.54, 1.807) is 13.0 Å². The molecule has 0 bridgehead atoms. The fraction of sp³-hybridized carbons (Fsp3) is 0.444. The van der Waals surface area contributed by atoms with Crippen LogP contribution in [0.2, 0.25) is 0 Å². The van der Waals surface area contributed by atoms with Crippen LogP contribution in [0.15, 0.2) is 36.4 Å². The van der Waals surface area contributed by atoms with Crippen molar-refractivity contribution in [3.05, 3.63) is 59.0 Å². The molecule has 4 rings (SSSR count). The summed E-state index contributed by atoms with van der Waals surface area (Å²) in [6.07, 6.45) is 3.00. The van der Waals surface area contributed by atoms with E-state index in [1.807, 2.05) is 25.1 Å². The van der Waals surface area contributed by atoms with E-state index in [0.717, 1.165) is 48.7 Å². The smallest absolute Gasteiger partial charge is 0.355 e. The minimum Gasteiger partial charge on any atom is -0.461 e. The molecule has 2 N–H and O–H groups in total. The number of carbonyl (C=O) groups excluding carboxylic acids is 1. The number of sulfone groups is 1. The number of para-hydroxylation sites is 1. The first-order valence-corrected chi connectivity index (χ1v) is 14.3. The molecule has 0 radical (unpaired) electrons. The molecule has 36 heavy (non-hydrogen) atoms. The van der Waals surface area contributed by atoms with Gasteiger partial charge in [0.05, 0.1) is 30.6 Å². The minimum absolute atomic E-state index is 0.0828. The van der Waals surface area contributed by atoms with Crippen molar-refractivity contribution in [3.8, 4) is 11.1 Å². The van der Waals surface area contributed by atoms with Gasteiger partial charge in [-0.25, -0.2) is 17.6 Å². The van der Waals surface area contributed by atoms with Crippen LogP contribution in [-0.4, -0.2) is 51.9 Å². The normalized spacial score (nSPS) is 15.8. The van der Waals surface area contributed by atoms with E-state index in [4.69, 9.17) is 9.47 Å². The van der Waals surface area contributed by atoms with Gasteiger partial charge in [-0.3, -0.25) is 0 Å². The molecule has 1 unspecified atom stereocenters. The van der Waals surface area contributed by atoms with E-state index in [2.05, 4.69) is 10.3 Å². The van der Waals surface area contributed by atoms with E-state index in [0.29, 0.717) is 23.7 Å². The Balaban J connectivity index is 1.74. The summed E-state index contributed by atoms with van der Waals surface area (Å²) >= 11 is 0. The average Bonchev–Trinajstić information content (AvgIpc) is 3.24. The maximum atomic E-state index is 14.9. The van der Waals surface area contributed by atoms with Gasteiger partial charge in [0.25, 0.3) is 0 Å². The molecule has 7 nitrogen and oxygen atoms in total. The summed E-state index contributed by atoms with van der Waals surface area (Å²) in [6.45, 7) is 6.56. The summed E-state index contributed by atoms with van der Waals surface area (Å²) in [4.78, 5) is 16.1. The Morgan fingerprint density at radius 1 is 1.19 bits per heavy atom. The third-order valence-electron chi connectivity index (χ3n) is 6.58. The molecule has 0 amide bonds. The highest BCUT2D eigenvalue weighted by atomic mass is 32.2. The van der Waals surface area contributed by atoms with E-state index in [1.165, 1.54) is 12.1 Å². The van der Waals surface area contributed by atoms with Gasteiger partial charge in [0.15, 0.2) is 9.84 Å². The lowest BCUT2D eigenvalue weighted by atomic mass is 9.98. The molecule has 0 saturated carbocycles. The first kappa shape index (κ1) is 26.3. The van der Waals surface area contributed by atoms with Crippen molar-refractivity contribution < 1.29 is 27.1 Å². The molecular weight excluding hydrogens is 483 g/mol. The van der Waals surface area contributed by atoms with Crippen LogP contribution in [0.3, 0.4) is 0 Å². The molecule has 9 heteroatoms. The molecular formula is C27H33FN2O5S. The summed E-state index contributed by atoms with van der Waals surface area (Å²) in [5, 5.41) is 4.10. The first-order valence-electron chi connectivity index (χ1n) is 12.3. The number of hydrogen-bond donors (Lipinski definition) is 2. The number of esters is 1. The molecule has 1 aromatic heterocycles. The zero-order valence-electron chi connectivity index (χ0n) is 20.9. The van der Waals surface area contributed by atoms with Gasteiger partial charge in [-0.15, -0.1) is 0 Å². The highest BCUT2D eigenvalue weighted by Gasteiger charge is 2.24. The molecule has 194 valence electrons. The van der Waals surface area contributed by atoms with Crippen molar-refractivity contribution >= 4 is 26.7 Å². The Morgan fingerprint density at radius 3 is 2.61 bits per heavy atom. The summed E-state index contributed by atoms with van der Waals surface area (Å²) in [6, 6.07) is 10.1. The minimum atomic E-state index is -3.40. The summed E-state index contributed by atoms with van der Waals surface area (Å²) in [5.41, 5.74) is 2.90. The van der Waals surface area contributed by atoms with E-state index in [-0.39, 0.29) is 24.0 Å². The summed E-state index contributed by atoms with van der Waals surface area (Å²) < 4.78 is 49.8. The number of halogens is 1. The number of nitrogens with one attached hydrogen (secondary N) is 2. The van der Waals surface area contributed by atoms with Gasteiger partial charge in [-0.2, -0.15) is 0 Å². The second kappa shape index (κ2) is 11.1. The zero-order chi connectivity index (χ0) is 25.9. The number of benzene rings is 2. The van der Waals surface area contributed by atoms with Crippen molar-refractivity contribution in [2.45, 2.75) is 38.5 Å². The number of piperidine rings is 1. The number of carbonyl (C=O) groups is 1. The lowest BCUT2D eigenvalue weighted by Crippen LogP contribution is -2.30. The molecule has 0 spiro atoms. The molecule has 2 heterocycles. The third kappa shape index (κ3) is 5.96. The number of hydrogen-bond acceptors (Lipinski definition) is 6. The maximum Gasteiger partial charge on any atom is 0.355 e. The number of H-pyrrole nitrogens is 1. The Labute approximate surface area is 211 Å². The molecule has 0 aliphatic carbocycles. The molecule has 1 aliphatic heterocycles. The SMILES string of the molecule is CCOC(=O)c1[nH]c2c(C(C)OCC3CCNCC3)cccc2c1-c1ccc(CS(C)(=O)=O)c(F)c1. The summed E-state index contributed by atoms with van der Waals surface area (Å²) in [7, 11) is -3.40. The number of aromatic nitrogens is 1. The fourth-order valence-electron chi connectivity index (χ4n) is 4.76. The highest BCUT2D eigenvalue weighted by Crippen LogP contribution is 2.37. The Kier molecular flexibility index (Phi) is 8.12. The van der Waals surface area contributed by atoms with Gasteiger partial charge in [0.2, 0.25) is 0 Å². The monoisotopic (exact) mass is 516 g/mol. The Hall–Kier alpha value is -2.75. The zero-order valence-corrected chi connectivity index (χ0v) is 21.7. The van der Waals surface area contributed by atoms with Crippen LogP contribution < -0.4 is 5.32 Å². The molecule has 2 aromatic carbocycles. The van der Waals surface area contributed by atoms with Crippen molar-refractivity contribution in [3.63, 3.8) is 0 Å². The summed E-state index contributed by atoms with van der Waals surface area (Å²) in [5.74, 6) is -1.07. The van der Waals surface area contributed by atoms with Crippen molar-refractivity contribution in [2.75, 3.05) is 32.6 Å². The lowest BCUT2D eigenvalue weighted by molar-refractivity contribution is 0.0326. The average molecular weight is 517 g/mol. The van der Waals surface area contributed by atoms with Crippen LogP contribution in [0, 0.1) is 11.7 Å². The molecule has 1 atom stereocenters. The van der Waals surface area contributed by atoms with Gasteiger partial charge in [-0.05, 0) is 57.3 Å². The lowest BCUT2D eigenvalue weighted by Gasteiger charge is -2.24. The molecule has 1 fully saturated rings. The van der Waals surface area contributed by atoms with Gasteiger partial charge in [0, 0.05) is 28.3 Å². The van der Waals surface area contributed by atoms with Crippen LogP contribution in [0.25, 0.3) is 22.0 Å². The van der Waals surface area contributed by atoms with Gasteiger partial charge in [-0.1, -0.05) is 30.3 Å². The molecule has 1 aliphatic rings. The van der Waals surface area contributed by atoms with Gasteiger partial charge < -0.3 is 19.8 Å². The van der Waals surface area contributed by atoms with Crippen molar-refractivity contribution in [2.24, 2.45) is 5.92 Å². The number of ether oxygens (including phenoxy) is 2. The van der Waals surface area contributed by atoms with Crippen LogP contribution >= 0.6 is 0 Å². The standard InChI is InChI=1S/C27H33FN2O5S/c1-4-34-27(31)26-24(19-8-9-20(23(28)14-19)16-36(3,32)33)22-7-5-6-21(25(22)30-26)17(2)35-15-18-10-12-29-13-11-18/h5-9,14,17-18,29-30H,4,10-13,15-16H2,1-3H3. The predicted octanol–water partition coefficient (Wildman–Crippen LogP) is 4.77. The maximum absolute atomic E-state index is 14.9. The van der Waals surface area contributed by atoms with E-state index in [9.17, 15) is 17.6 Å². The second-order valence-electron chi connectivity index (χ2n) is 9.41. The number of rotatable bonds is 9. The first-order chi connectivity index (χ1) is 17.2. The second-order valence-corrected chi connectivity index (χ2v) is 11.6. The number of aromatic amines is 1. The van der Waals surface area contributed by atoms with Crippen molar-refractivity contribution in [1.29, 1.82) is 0 Å². The van der Waals surface area contributed by atoms with Crippen LogP contribution in [0.5, 0.6) is 0 Å². The Bertz CT molecular complexity index is 1350. The topological polar surface area (TPSA) is 97.5 Å². The van der Waals surface area contributed by atoms with Crippen LogP contribution in [-0.2, 0) is 25.1 Å². The predicted molar refractivity (Wildman–Crippen MR) is 138 cm³/mol. The number of fused-ring (bicyclic) bond motifs is 1. The van der Waals surface area contributed by atoms with Crippen LogP contribution in [0.1, 0.15) is 54.4 Å². The quantitative estimate of drug-likeness (QED) is 0.398. The Morgan fingerprint density at radius 2 is 1.94 bits per heavy atom. The molecule has 1 saturated heterocycles. The molecule has 3 aromatic rings. The highest BCUT2D eigenvalue weighted by molar-refractivity contribution is 7.89. The van der Waals surface area contributed by atoms with Crippen molar-refractivity contribution in [1.82, 2.24) is 10.3 Å². The van der Waals surface area contributed by atoms with Crippen LogP contribution in [0.4, 0.5) is 4.39 Å². The van der Waals surface area contributed by atoms with E-state index < -0.39 is 27.4 Å². The van der Waals surface area contributed by atoms with Gasteiger partial charge in [0.1, 0.15) is 11.5 Å².